The molecule has 0 unspecified atom stereocenters. The molecule has 0 saturated carbocycles. The van der Waals surface area contributed by atoms with Crippen molar-refractivity contribution in [3.63, 3.8) is 0 Å². The van der Waals surface area contributed by atoms with Crippen molar-refractivity contribution in [2.24, 2.45) is 0 Å². The third kappa shape index (κ3) is 3.06. The molecule has 0 saturated heterocycles. The molecule has 2 N–H and O–H groups in total. The lowest BCUT2D eigenvalue weighted by atomic mass is 9.80. The molecule has 0 spiro atoms. The van der Waals surface area contributed by atoms with Gasteiger partial charge in [-0.15, -0.1) is 0 Å². The van der Waals surface area contributed by atoms with Gasteiger partial charge in [-0.1, -0.05) is 12.1 Å². The molecule has 0 aliphatic carbocycles. The fourth-order valence-corrected chi connectivity index (χ4v) is 1.35. The van der Waals surface area contributed by atoms with E-state index in [0.717, 1.165) is 0 Å². The smallest absolute Gasteiger partial charge is 0.457 e. The number of ether oxygens (including phenoxy) is 1. The summed E-state index contributed by atoms with van der Waals surface area (Å²) in [4.78, 5) is 0. The summed E-state index contributed by atoms with van der Waals surface area (Å²) >= 11 is 0. The first-order valence-electron chi connectivity index (χ1n) is 5.05. The van der Waals surface area contributed by atoms with Crippen LogP contribution in [0.5, 0.6) is 11.5 Å². The van der Waals surface area contributed by atoms with E-state index in [1.807, 2.05) is 0 Å². The molecule has 2 aromatic carbocycles. The van der Waals surface area contributed by atoms with Gasteiger partial charge in [0.1, 0.15) is 17.3 Å². The Bertz CT molecular complexity index is 482. The Hall–Kier alpha value is -1.85. The molecule has 0 aliphatic rings. The highest BCUT2D eigenvalue weighted by Gasteiger charge is 2.09. The summed E-state index contributed by atoms with van der Waals surface area (Å²) in [6, 6.07) is 12.0. The third-order valence-electron chi connectivity index (χ3n) is 2.23. The second kappa shape index (κ2) is 4.99. The maximum atomic E-state index is 12.7. The van der Waals surface area contributed by atoms with E-state index in [4.69, 9.17) is 14.8 Å². The number of hydrogen-bond donors (Lipinski definition) is 2. The Morgan fingerprint density at radius 3 is 1.76 bits per heavy atom. The molecule has 5 heteroatoms. The van der Waals surface area contributed by atoms with Crippen LogP contribution in [0.3, 0.4) is 0 Å². The van der Waals surface area contributed by atoms with E-state index in [0.29, 0.717) is 17.0 Å². The Balaban J connectivity index is 2.11. The van der Waals surface area contributed by atoms with Crippen LogP contribution in [0.1, 0.15) is 0 Å². The Morgan fingerprint density at radius 1 is 0.824 bits per heavy atom. The highest BCUT2D eigenvalue weighted by Crippen LogP contribution is 2.20. The lowest BCUT2D eigenvalue weighted by Crippen LogP contribution is -2.29. The van der Waals surface area contributed by atoms with Crippen molar-refractivity contribution in [3.05, 3.63) is 54.3 Å². The molecule has 0 amide bonds. The minimum atomic E-state index is -1.49. The molecule has 2 rings (SSSR count). The summed E-state index contributed by atoms with van der Waals surface area (Å²) in [6.45, 7) is 0. The van der Waals surface area contributed by atoms with Gasteiger partial charge in [0, 0.05) is 0 Å². The second-order valence-electron chi connectivity index (χ2n) is 3.50. The van der Waals surface area contributed by atoms with Crippen molar-refractivity contribution >= 4 is 12.6 Å². The topological polar surface area (TPSA) is 49.7 Å². The zero-order valence-corrected chi connectivity index (χ0v) is 8.88. The van der Waals surface area contributed by atoms with Crippen LogP contribution < -0.4 is 10.2 Å². The number of halogens is 1. The molecule has 17 heavy (non-hydrogen) atoms. The van der Waals surface area contributed by atoms with Gasteiger partial charge in [0.15, 0.2) is 0 Å². The maximum absolute atomic E-state index is 12.7. The molecular weight excluding hydrogens is 222 g/mol. The van der Waals surface area contributed by atoms with E-state index in [1.54, 1.807) is 24.3 Å². The van der Waals surface area contributed by atoms with E-state index in [2.05, 4.69) is 0 Å². The van der Waals surface area contributed by atoms with Gasteiger partial charge in [0.25, 0.3) is 0 Å². The van der Waals surface area contributed by atoms with Crippen LogP contribution in [-0.4, -0.2) is 17.2 Å². The van der Waals surface area contributed by atoms with Crippen molar-refractivity contribution in [2.75, 3.05) is 0 Å². The summed E-state index contributed by atoms with van der Waals surface area (Å²) in [6.07, 6.45) is 0. The van der Waals surface area contributed by atoms with E-state index >= 15 is 0 Å². The lowest BCUT2D eigenvalue weighted by Gasteiger charge is -2.06. The van der Waals surface area contributed by atoms with Crippen LogP contribution in [0.15, 0.2) is 48.5 Å². The van der Waals surface area contributed by atoms with E-state index in [-0.39, 0.29) is 5.82 Å². The first-order chi connectivity index (χ1) is 8.15. The van der Waals surface area contributed by atoms with Crippen LogP contribution in [0.25, 0.3) is 0 Å². The standard InChI is InChI=1S/C12H10BFO3/c14-10-3-7-12(8-4-10)17-11-5-1-9(2-6-11)13(15)16/h1-8,15-16H. The van der Waals surface area contributed by atoms with Crippen LogP contribution >= 0.6 is 0 Å². The maximum Gasteiger partial charge on any atom is 0.488 e. The average Bonchev–Trinajstić information content (AvgIpc) is 2.33. The molecule has 0 radical (unpaired) electrons. The van der Waals surface area contributed by atoms with E-state index in [9.17, 15) is 4.39 Å². The Morgan fingerprint density at radius 2 is 1.29 bits per heavy atom. The minimum Gasteiger partial charge on any atom is -0.457 e. The van der Waals surface area contributed by atoms with Gasteiger partial charge in [0.05, 0.1) is 0 Å². The minimum absolute atomic E-state index is 0.323. The fraction of sp³-hybridized carbons (Fsp3) is 0. The number of hydrogen-bond acceptors (Lipinski definition) is 3. The van der Waals surface area contributed by atoms with Gasteiger partial charge in [-0.25, -0.2) is 4.39 Å². The second-order valence-corrected chi connectivity index (χ2v) is 3.50. The number of rotatable bonds is 3. The van der Waals surface area contributed by atoms with Gasteiger partial charge in [-0.05, 0) is 41.9 Å². The van der Waals surface area contributed by atoms with Crippen LogP contribution in [0.2, 0.25) is 0 Å². The fourth-order valence-electron chi connectivity index (χ4n) is 1.35. The monoisotopic (exact) mass is 232 g/mol. The summed E-state index contributed by atoms with van der Waals surface area (Å²) < 4.78 is 18.1. The van der Waals surface area contributed by atoms with Crippen molar-refractivity contribution in [2.45, 2.75) is 0 Å². The highest BCUT2D eigenvalue weighted by molar-refractivity contribution is 6.58. The predicted octanol–water partition coefficient (Wildman–Crippen LogP) is 1.30. The molecule has 86 valence electrons. The van der Waals surface area contributed by atoms with Crippen molar-refractivity contribution in [1.82, 2.24) is 0 Å². The molecular formula is C12H10BFO3. The van der Waals surface area contributed by atoms with Crippen LogP contribution in [-0.2, 0) is 0 Å². The highest BCUT2D eigenvalue weighted by atomic mass is 19.1. The quantitative estimate of drug-likeness (QED) is 0.784. The van der Waals surface area contributed by atoms with Gasteiger partial charge >= 0.3 is 7.12 Å². The molecule has 0 heterocycles. The molecule has 0 aromatic heterocycles. The summed E-state index contributed by atoms with van der Waals surface area (Å²) in [5, 5.41) is 17.8. The summed E-state index contributed by atoms with van der Waals surface area (Å²) in [5.41, 5.74) is 0.386. The molecule has 3 nitrogen and oxygen atoms in total. The summed E-state index contributed by atoms with van der Waals surface area (Å²) in [5.74, 6) is 0.737. The van der Waals surface area contributed by atoms with Crippen molar-refractivity contribution in [3.8, 4) is 11.5 Å². The van der Waals surface area contributed by atoms with Crippen LogP contribution in [0, 0.1) is 5.82 Å². The van der Waals surface area contributed by atoms with Gasteiger partial charge < -0.3 is 14.8 Å². The zero-order chi connectivity index (χ0) is 12.3. The Labute approximate surface area is 98.2 Å². The molecule has 0 atom stereocenters. The summed E-state index contributed by atoms with van der Waals surface area (Å²) in [7, 11) is -1.49. The average molecular weight is 232 g/mol. The third-order valence-corrected chi connectivity index (χ3v) is 2.23. The van der Waals surface area contributed by atoms with E-state index < -0.39 is 7.12 Å². The molecule has 0 fully saturated rings. The van der Waals surface area contributed by atoms with Crippen molar-refractivity contribution in [1.29, 1.82) is 0 Å². The lowest BCUT2D eigenvalue weighted by molar-refractivity contribution is 0.425. The number of benzene rings is 2. The first kappa shape index (κ1) is 11.6. The van der Waals surface area contributed by atoms with Gasteiger partial charge in [0.2, 0.25) is 0 Å². The van der Waals surface area contributed by atoms with Gasteiger partial charge in [-0.3, -0.25) is 0 Å². The molecule has 0 bridgehead atoms. The SMILES string of the molecule is OB(O)c1ccc(Oc2ccc(F)cc2)cc1. The van der Waals surface area contributed by atoms with Crippen molar-refractivity contribution < 1.29 is 19.2 Å². The first-order valence-corrected chi connectivity index (χ1v) is 5.05. The molecule has 0 aliphatic heterocycles. The Kier molecular flexibility index (Phi) is 3.42. The van der Waals surface area contributed by atoms with Gasteiger partial charge in [-0.2, -0.15) is 0 Å². The van der Waals surface area contributed by atoms with E-state index in [1.165, 1.54) is 24.3 Å². The normalized spacial score (nSPS) is 10.1. The zero-order valence-electron chi connectivity index (χ0n) is 8.88. The molecule has 2 aromatic rings. The van der Waals surface area contributed by atoms with Crippen LogP contribution in [0.4, 0.5) is 4.39 Å². The predicted molar refractivity (Wildman–Crippen MR) is 62.7 cm³/mol. The largest absolute Gasteiger partial charge is 0.488 e.